The Bertz CT molecular complexity index is 207. The summed E-state index contributed by atoms with van der Waals surface area (Å²) >= 11 is 0. The van der Waals surface area contributed by atoms with Gasteiger partial charge in [-0.2, -0.15) is 5.26 Å². The van der Waals surface area contributed by atoms with Crippen molar-refractivity contribution < 1.29 is 0 Å². The van der Waals surface area contributed by atoms with Crippen molar-refractivity contribution in [2.75, 3.05) is 13.1 Å². The molecule has 3 heteroatoms. The van der Waals surface area contributed by atoms with E-state index in [1.807, 2.05) is 0 Å². The Hall–Kier alpha value is -0.590. The van der Waals surface area contributed by atoms with E-state index in [-0.39, 0.29) is 6.04 Å². The Kier molecular flexibility index (Phi) is 4.37. The van der Waals surface area contributed by atoms with Gasteiger partial charge in [-0.05, 0) is 40.2 Å². The van der Waals surface area contributed by atoms with Gasteiger partial charge >= 0.3 is 0 Å². The van der Waals surface area contributed by atoms with E-state index in [2.05, 4.69) is 37.1 Å². The van der Waals surface area contributed by atoms with Crippen LogP contribution in [0.15, 0.2) is 0 Å². The van der Waals surface area contributed by atoms with Crippen LogP contribution in [0.3, 0.4) is 0 Å². The monoisotopic (exact) mass is 195 g/mol. The Morgan fingerprint density at radius 1 is 1.57 bits per heavy atom. The molecule has 0 aromatic heterocycles. The highest BCUT2D eigenvalue weighted by Gasteiger charge is 2.23. The number of hydrogen-bond donors (Lipinski definition) is 1. The fourth-order valence-electron chi connectivity index (χ4n) is 2.03. The smallest absolute Gasteiger partial charge is 0.108 e. The van der Waals surface area contributed by atoms with Gasteiger partial charge in [0.05, 0.1) is 6.07 Å². The molecule has 1 N–H and O–H groups in total. The highest BCUT2D eigenvalue weighted by molar-refractivity contribution is 4.94. The van der Waals surface area contributed by atoms with Gasteiger partial charge in [0.25, 0.3) is 0 Å². The lowest BCUT2D eigenvalue weighted by atomic mass is 10.2. The molecular weight excluding hydrogens is 174 g/mol. The summed E-state index contributed by atoms with van der Waals surface area (Å²) in [5, 5.41) is 12.3. The van der Waals surface area contributed by atoms with Crippen molar-refractivity contribution in [3.63, 3.8) is 0 Å². The predicted octanol–water partition coefficient (Wildman–Crippen LogP) is 1.36. The average Bonchev–Trinajstić information content (AvgIpc) is 2.50. The number of hydrogen-bond acceptors (Lipinski definition) is 3. The van der Waals surface area contributed by atoms with Crippen LogP contribution in [0.4, 0.5) is 0 Å². The molecule has 80 valence electrons. The summed E-state index contributed by atoms with van der Waals surface area (Å²) in [5.74, 6) is 0. The predicted molar refractivity (Wildman–Crippen MR) is 57.9 cm³/mol. The molecule has 2 atom stereocenters. The van der Waals surface area contributed by atoms with Gasteiger partial charge in [-0.3, -0.25) is 10.2 Å². The molecule has 1 rings (SSSR count). The zero-order valence-corrected chi connectivity index (χ0v) is 9.45. The van der Waals surface area contributed by atoms with Gasteiger partial charge in [0, 0.05) is 18.6 Å². The van der Waals surface area contributed by atoms with Crippen molar-refractivity contribution >= 4 is 0 Å². The molecule has 1 heterocycles. The van der Waals surface area contributed by atoms with Crippen LogP contribution in [0.1, 0.15) is 33.6 Å². The van der Waals surface area contributed by atoms with Crippen molar-refractivity contribution in [2.45, 2.75) is 51.7 Å². The van der Waals surface area contributed by atoms with Crippen LogP contribution in [0, 0.1) is 11.3 Å². The molecule has 1 aliphatic heterocycles. The molecule has 1 fully saturated rings. The second-order valence-corrected chi connectivity index (χ2v) is 4.49. The molecule has 0 saturated carbocycles. The van der Waals surface area contributed by atoms with Crippen molar-refractivity contribution in [1.29, 1.82) is 5.26 Å². The van der Waals surface area contributed by atoms with E-state index < -0.39 is 0 Å². The van der Waals surface area contributed by atoms with Crippen LogP contribution in [-0.2, 0) is 0 Å². The maximum Gasteiger partial charge on any atom is 0.108 e. The molecule has 3 nitrogen and oxygen atoms in total. The Morgan fingerprint density at radius 2 is 2.29 bits per heavy atom. The van der Waals surface area contributed by atoms with E-state index in [1.165, 1.54) is 12.8 Å². The number of rotatable bonds is 4. The van der Waals surface area contributed by atoms with Crippen LogP contribution in [0.25, 0.3) is 0 Å². The van der Waals surface area contributed by atoms with Gasteiger partial charge in [-0.15, -0.1) is 0 Å². The number of nitriles is 1. The van der Waals surface area contributed by atoms with Gasteiger partial charge < -0.3 is 0 Å². The molecular formula is C11H21N3. The van der Waals surface area contributed by atoms with Gasteiger partial charge in [0.15, 0.2) is 0 Å². The standard InChI is InChI=1S/C11H21N3/c1-9(2)13-11(7-12)8-14-6-4-5-10(14)3/h9-11,13H,4-6,8H2,1-3H3. The second-order valence-electron chi connectivity index (χ2n) is 4.49. The summed E-state index contributed by atoms with van der Waals surface area (Å²) in [6.07, 6.45) is 2.56. The third-order valence-electron chi connectivity index (χ3n) is 2.80. The van der Waals surface area contributed by atoms with E-state index in [0.717, 1.165) is 13.1 Å². The van der Waals surface area contributed by atoms with Crippen LogP contribution in [-0.4, -0.2) is 36.1 Å². The van der Waals surface area contributed by atoms with E-state index in [9.17, 15) is 0 Å². The Morgan fingerprint density at radius 3 is 2.71 bits per heavy atom. The molecule has 0 bridgehead atoms. The van der Waals surface area contributed by atoms with Crippen LogP contribution >= 0.6 is 0 Å². The third-order valence-corrected chi connectivity index (χ3v) is 2.80. The third kappa shape index (κ3) is 3.28. The van der Waals surface area contributed by atoms with Crippen molar-refractivity contribution in [3.05, 3.63) is 0 Å². The molecule has 0 aliphatic carbocycles. The minimum absolute atomic E-state index is 0.0180. The van der Waals surface area contributed by atoms with Crippen molar-refractivity contribution in [2.24, 2.45) is 0 Å². The molecule has 0 aromatic rings. The largest absolute Gasteiger partial charge is 0.299 e. The van der Waals surface area contributed by atoms with Gasteiger partial charge in [-0.25, -0.2) is 0 Å². The zero-order valence-electron chi connectivity index (χ0n) is 9.45. The fraction of sp³-hybridized carbons (Fsp3) is 0.909. The maximum atomic E-state index is 8.98. The van der Waals surface area contributed by atoms with E-state index in [1.54, 1.807) is 0 Å². The molecule has 0 amide bonds. The highest BCUT2D eigenvalue weighted by atomic mass is 15.2. The van der Waals surface area contributed by atoms with Crippen molar-refractivity contribution in [1.82, 2.24) is 10.2 Å². The van der Waals surface area contributed by atoms with E-state index in [0.29, 0.717) is 12.1 Å². The lowest BCUT2D eigenvalue weighted by Crippen LogP contribution is -2.44. The summed E-state index contributed by atoms with van der Waals surface area (Å²) in [6.45, 7) is 8.43. The molecule has 2 unspecified atom stereocenters. The van der Waals surface area contributed by atoms with E-state index in [4.69, 9.17) is 5.26 Å². The van der Waals surface area contributed by atoms with Crippen molar-refractivity contribution in [3.8, 4) is 6.07 Å². The summed E-state index contributed by atoms with van der Waals surface area (Å²) in [5.41, 5.74) is 0. The number of nitrogens with zero attached hydrogens (tertiary/aromatic N) is 2. The first-order valence-corrected chi connectivity index (χ1v) is 5.53. The molecule has 14 heavy (non-hydrogen) atoms. The summed E-state index contributed by atoms with van der Waals surface area (Å²) in [6, 6.07) is 3.35. The van der Waals surface area contributed by atoms with Gasteiger partial charge in [0.2, 0.25) is 0 Å². The topological polar surface area (TPSA) is 39.1 Å². The summed E-state index contributed by atoms with van der Waals surface area (Å²) in [7, 11) is 0. The molecule has 0 spiro atoms. The molecule has 0 aromatic carbocycles. The Labute approximate surface area is 87.1 Å². The number of nitrogens with one attached hydrogen (secondary N) is 1. The van der Waals surface area contributed by atoms with Gasteiger partial charge in [0.1, 0.15) is 6.04 Å². The lowest BCUT2D eigenvalue weighted by molar-refractivity contribution is 0.248. The minimum atomic E-state index is -0.0180. The van der Waals surface area contributed by atoms with Crippen LogP contribution in [0.2, 0.25) is 0 Å². The molecule has 1 saturated heterocycles. The lowest BCUT2D eigenvalue weighted by Gasteiger charge is -2.25. The summed E-state index contributed by atoms with van der Waals surface area (Å²) < 4.78 is 0. The van der Waals surface area contributed by atoms with E-state index >= 15 is 0 Å². The SMILES string of the molecule is CC(C)NC(C#N)CN1CCCC1C. The normalized spacial score (nSPS) is 25.2. The zero-order chi connectivity index (χ0) is 10.6. The fourth-order valence-corrected chi connectivity index (χ4v) is 2.03. The first-order valence-electron chi connectivity index (χ1n) is 5.53. The van der Waals surface area contributed by atoms with Crippen LogP contribution < -0.4 is 5.32 Å². The molecule has 1 aliphatic rings. The molecule has 0 radical (unpaired) electrons. The minimum Gasteiger partial charge on any atom is -0.299 e. The summed E-state index contributed by atoms with van der Waals surface area (Å²) in [4.78, 5) is 2.41. The highest BCUT2D eigenvalue weighted by Crippen LogP contribution is 2.16. The first-order chi connectivity index (χ1) is 6.63. The van der Waals surface area contributed by atoms with Gasteiger partial charge in [-0.1, -0.05) is 0 Å². The second kappa shape index (κ2) is 5.33. The quantitative estimate of drug-likeness (QED) is 0.736. The van der Waals surface area contributed by atoms with Crippen LogP contribution in [0.5, 0.6) is 0 Å². The Balaban J connectivity index is 2.36. The maximum absolute atomic E-state index is 8.98. The number of likely N-dealkylation sites (tertiary alicyclic amines) is 1. The average molecular weight is 195 g/mol. The first kappa shape index (κ1) is 11.5.